The molecule has 0 spiro atoms. The number of furan rings is 1. The fourth-order valence-corrected chi connectivity index (χ4v) is 3.00. The Balaban J connectivity index is 1.68. The number of halogens is 1. The second kappa shape index (κ2) is 6.67. The van der Waals surface area contributed by atoms with Crippen molar-refractivity contribution in [3.63, 3.8) is 0 Å². The fraction of sp³-hybridized carbons (Fsp3) is 0.294. The van der Waals surface area contributed by atoms with Gasteiger partial charge in [-0.3, -0.25) is 9.59 Å². The van der Waals surface area contributed by atoms with E-state index in [1.807, 2.05) is 0 Å². The summed E-state index contributed by atoms with van der Waals surface area (Å²) in [6.07, 6.45) is 4.71. The van der Waals surface area contributed by atoms with Crippen molar-refractivity contribution in [2.24, 2.45) is 5.73 Å². The summed E-state index contributed by atoms with van der Waals surface area (Å²) in [6, 6.07) is 8.05. The molecule has 2 aromatic rings. The first-order valence-electron chi connectivity index (χ1n) is 7.73. The van der Waals surface area contributed by atoms with Gasteiger partial charge in [0.25, 0.3) is 5.91 Å². The lowest BCUT2D eigenvalue weighted by Crippen LogP contribution is -2.48. The molecule has 3 rings (SSSR count). The lowest BCUT2D eigenvalue weighted by atomic mass is 9.98. The van der Waals surface area contributed by atoms with Gasteiger partial charge in [0.2, 0.25) is 5.91 Å². The number of amides is 2. The predicted octanol–water partition coefficient (Wildman–Crippen LogP) is 3.40. The number of hydrogen-bond donors (Lipinski definition) is 3. The fourth-order valence-electron chi connectivity index (χ4n) is 2.77. The van der Waals surface area contributed by atoms with Gasteiger partial charge in [0.1, 0.15) is 0 Å². The van der Waals surface area contributed by atoms with E-state index in [0.29, 0.717) is 29.2 Å². The van der Waals surface area contributed by atoms with Gasteiger partial charge in [0.05, 0.1) is 22.5 Å². The molecule has 1 heterocycles. The van der Waals surface area contributed by atoms with Gasteiger partial charge in [0.15, 0.2) is 5.76 Å². The summed E-state index contributed by atoms with van der Waals surface area (Å²) in [4.78, 5) is 24.3. The van der Waals surface area contributed by atoms with E-state index < -0.39 is 11.4 Å². The molecule has 0 atom stereocenters. The van der Waals surface area contributed by atoms with Crippen LogP contribution in [-0.2, 0) is 4.79 Å². The third kappa shape index (κ3) is 3.44. The maximum atomic E-state index is 12.3. The van der Waals surface area contributed by atoms with Gasteiger partial charge in [-0.15, -0.1) is 0 Å². The van der Waals surface area contributed by atoms with Crippen LogP contribution in [0.15, 0.2) is 41.0 Å². The van der Waals surface area contributed by atoms with E-state index in [4.69, 9.17) is 21.8 Å². The Kier molecular flexibility index (Phi) is 4.59. The summed E-state index contributed by atoms with van der Waals surface area (Å²) >= 11 is 6.18. The summed E-state index contributed by atoms with van der Waals surface area (Å²) < 4.78 is 5.03. The second-order valence-corrected chi connectivity index (χ2v) is 6.35. The van der Waals surface area contributed by atoms with Gasteiger partial charge >= 0.3 is 0 Å². The molecule has 7 heteroatoms. The van der Waals surface area contributed by atoms with Crippen LogP contribution in [0.25, 0.3) is 0 Å². The van der Waals surface area contributed by atoms with Crippen molar-refractivity contribution in [1.82, 2.24) is 0 Å². The van der Waals surface area contributed by atoms with E-state index in [2.05, 4.69) is 10.6 Å². The smallest absolute Gasteiger partial charge is 0.291 e. The third-order valence-electron chi connectivity index (χ3n) is 4.17. The van der Waals surface area contributed by atoms with Gasteiger partial charge in [-0.2, -0.15) is 0 Å². The third-order valence-corrected chi connectivity index (χ3v) is 4.48. The molecule has 1 aromatic carbocycles. The first-order valence-corrected chi connectivity index (χ1v) is 8.10. The molecule has 0 bridgehead atoms. The molecule has 0 aliphatic heterocycles. The van der Waals surface area contributed by atoms with Crippen molar-refractivity contribution < 1.29 is 14.0 Å². The van der Waals surface area contributed by atoms with Crippen LogP contribution in [0.2, 0.25) is 5.02 Å². The summed E-state index contributed by atoms with van der Waals surface area (Å²) in [7, 11) is 0. The van der Waals surface area contributed by atoms with Crippen molar-refractivity contribution >= 4 is 34.8 Å². The highest BCUT2D eigenvalue weighted by atomic mass is 35.5. The van der Waals surface area contributed by atoms with Crippen molar-refractivity contribution in [2.45, 2.75) is 31.2 Å². The number of benzene rings is 1. The SMILES string of the molecule is NC1(C(=O)Nc2ccc(NC(=O)c3ccco3)c(Cl)c2)CCCC1. The van der Waals surface area contributed by atoms with E-state index in [-0.39, 0.29) is 11.7 Å². The van der Waals surface area contributed by atoms with E-state index in [1.54, 1.807) is 30.3 Å². The van der Waals surface area contributed by atoms with E-state index >= 15 is 0 Å². The molecule has 126 valence electrons. The van der Waals surface area contributed by atoms with Crippen LogP contribution >= 0.6 is 11.6 Å². The molecular weight excluding hydrogens is 330 g/mol. The Hall–Kier alpha value is -2.31. The molecule has 2 amide bonds. The predicted molar refractivity (Wildman–Crippen MR) is 92.1 cm³/mol. The highest BCUT2D eigenvalue weighted by molar-refractivity contribution is 6.34. The van der Waals surface area contributed by atoms with Crippen molar-refractivity contribution in [3.05, 3.63) is 47.4 Å². The summed E-state index contributed by atoms with van der Waals surface area (Å²) in [5.41, 5.74) is 6.29. The number of carbonyl (C=O) groups is 2. The molecule has 1 aromatic heterocycles. The molecule has 0 radical (unpaired) electrons. The Morgan fingerprint density at radius 1 is 1.17 bits per heavy atom. The van der Waals surface area contributed by atoms with Crippen LogP contribution in [0.1, 0.15) is 36.2 Å². The Labute approximate surface area is 144 Å². The molecular formula is C17H18ClN3O3. The molecule has 1 fully saturated rings. The first-order chi connectivity index (χ1) is 11.5. The van der Waals surface area contributed by atoms with Gasteiger partial charge in [-0.05, 0) is 43.2 Å². The molecule has 0 unspecified atom stereocenters. The van der Waals surface area contributed by atoms with Crippen LogP contribution in [-0.4, -0.2) is 17.4 Å². The van der Waals surface area contributed by atoms with Crippen molar-refractivity contribution in [1.29, 1.82) is 0 Å². The Morgan fingerprint density at radius 3 is 2.54 bits per heavy atom. The van der Waals surface area contributed by atoms with Crippen LogP contribution < -0.4 is 16.4 Å². The largest absolute Gasteiger partial charge is 0.459 e. The minimum Gasteiger partial charge on any atom is -0.459 e. The maximum Gasteiger partial charge on any atom is 0.291 e. The van der Waals surface area contributed by atoms with Gasteiger partial charge in [-0.1, -0.05) is 24.4 Å². The zero-order valence-corrected chi connectivity index (χ0v) is 13.7. The average Bonchev–Trinajstić information content (AvgIpc) is 3.22. The molecule has 24 heavy (non-hydrogen) atoms. The van der Waals surface area contributed by atoms with E-state index in [9.17, 15) is 9.59 Å². The van der Waals surface area contributed by atoms with Gasteiger partial charge < -0.3 is 20.8 Å². The Morgan fingerprint density at radius 2 is 1.92 bits per heavy atom. The first kappa shape index (κ1) is 16.5. The molecule has 1 aliphatic rings. The van der Waals surface area contributed by atoms with Crippen LogP contribution in [0.3, 0.4) is 0 Å². The number of nitrogens with one attached hydrogen (secondary N) is 2. The molecule has 1 saturated carbocycles. The lowest BCUT2D eigenvalue weighted by molar-refractivity contribution is -0.121. The topological polar surface area (TPSA) is 97.4 Å². The van der Waals surface area contributed by atoms with E-state index in [0.717, 1.165) is 12.8 Å². The maximum absolute atomic E-state index is 12.3. The summed E-state index contributed by atoms with van der Waals surface area (Å²) in [5.74, 6) is -0.413. The van der Waals surface area contributed by atoms with Gasteiger partial charge in [-0.25, -0.2) is 0 Å². The van der Waals surface area contributed by atoms with Crippen LogP contribution in [0.4, 0.5) is 11.4 Å². The summed E-state index contributed by atoms with van der Waals surface area (Å²) in [5, 5.41) is 5.76. The number of anilines is 2. The standard InChI is InChI=1S/C17H18ClN3O3/c18-12-10-11(20-16(23)17(19)7-1-2-8-17)5-6-13(12)21-15(22)14-4-3-9-24-14/h3-6,9-10H,1-2,7-8,19H2,(H,20,23)(H,21,22). The van der Waals surface area contributed by atoms with Gasteiger partial charge in [0, 0.05) is 5.69 Å². The number of hydrogen-bond acceptors (Lipinski definition) is 4. The molecule has 1 aliphatic carbocycles. The lowest BCUT2D eigenvalue weighted by Gasteiger charge is -2.22. The van der Waals surface area contributed by atoms with Crippen LogP contribution in [0.5, 0.6) is 0 Å². The number of rotatable bonds is 4. The average molecular weight is 348 g/mol. The summed E-state index contributed by atoms with van der Waals surface area (Å²) in [6.45, 7) is 0. The minimum absolute atomic E-state index is 0.190. The molecule has 4 N–H and O–H groups in total. The highest BCUT2D eigenvalue weighted by Crippen LogP contribution is 2.30. The second-order valence-electron chi connectivity index (χ2n) is 5.94. The van der Waals surface area contributed by atoms with Crippen molar-refractivity contribution in [3.8, 4) is 0 Å². The number of carbonyl (C=O) groups excluding carboxylic acids is 2. The Bertz CT molecular complexity index is 752. The number of nitrogens with two attached hydrogens (primary N) is 1. The monoisotopic (exact) mass is 347 g/mol. The quantitative estimate of drug-likeness (QED) is 0.789. The zero-order valence-electron chi connectivity index (χ0n) is 13.0. The molecule has 6 nitrogen and oxygen atoms in total. The minimum atomic E-state index is -0.807. The highest BCUT2D eigenvalue weighted by Gasteiger charge is 2.37. The van der Waals surface area contributed by atoms with Crippen molar-refractivity contribution in [2.75, 3.05) is 10.6 Å². The molecule has 0 saturated heterocycles. The normalized spacial score (nSPS) is 15.9. The zero-order chi connectivity index (χ0) is 17.2. The van der Waals surface area contributed by atoms with Crippen LogP contribution in [0, 0.1) is 0 Å². The van der Waals surface area contributed by atoms with E-state index in [1.165, 1.54) is 6.26 Å².